The van der Waals surface area contributed by atoms with Gasteiger partial charge in [-0.3, -0.25) is 9.69 Å². The van der Waals surface area contributed by atoms with Gasteiger partial charge in [-0.05, 0) is 20.8 Å². The second-order valence-electron chi connectivity index (χ2n) is 7.00. The second kappa shape index (κ2) is 5.91. The van der Waals surface area contributed by atoms with E-state index in [1.165, 1.54) is 0 Å². The van der Waals surface area contributed by atoms with Gasteiger partial charge < -0.3 is 9.63 Å². The van der Waals surface area contributed by atoms with E-state index in [-0.39, 0.29) is 17.4 Å². The highest BCUT2D eigenvalue weighted by Crippen LogP contribution is 2.21. The molecule has 1 N–H and O–H groups in total. The number of carboxylic acids is 1. The van der Waals surface area contributed by atoms with E-state index in [0.29, 0.717) is 24.8 Å². The molecule has 0 fully saturated rings. The number of nitrogens with zero attached hydrogens (tertiary/aromatic N) is 3. The van der Waals surface area contributed by atoms with Crippen molar-refractivity contribution >= 4 is 5.97 Å². The quantitative estimate of drug-likeness (QED) is 0.894. The third-order valence-corrected chi connectivity index (χ3v) is 2.99. The molecule has 1 aromatic rings. The number of aliphatic carboxylic acids is 1. The van der Waals surface area contributed by atoms with Crippen LogP contribution in [0.4, 0.5) is 0 Å². The normalized spacial score (nSPS) is 12.9. The lowest BCUT2D eigenvalue weighted by atomic mass is 9.97. The first-order valence-electron chi connectivity index (χ1n) is 6.80. The summed E-state index contributed by atoms with van der Waals surface area (Å²) in [6.45, 7) is 13.1. The average molecular weight is 283 g/mol. The first kappa shape index (κ1) is 16.6. The molecule has 1 heterocycles. The van der Waals surface area contributed by atoms with Gasteiger partial charge in [0.1, 0.15) is 0 Å². The summed E-state index contributed by atoms with van der Waals surface area (Å²) in [5.74, 6) is 0.387. The molecule has 6 nitrogen and oxygen atoms in total. The van der Waals surface area contributed by atoms with Gasteiger partial charge in [0, 0.05) is 17.5 Å². The van der Waals surface area contributed by atoms with E-state index < -0.39 is 5.97 Å². The Hall–Kier alpha value is -1.43. The van der Waals surface area contributed by atoms with Gasteiger partial charge >= 0.3 is 5.97 Å². The predicted molar refractivity (Wildman–Crippen MR) is 75.4 cm³/mol. The molecule has 1 rings (SSSR count). The Bertz CT molecular complexity index is 455. The fourth-order valence-electron chi connectivity index (χ4n) is 1.68. The van der Waals surface area contributed by atoms with Crippen LogP contribution in [0.15, 0.2) is 4.52 Å². The molecule has 0 radical (unpaired) electrons. The van der Waals surface area contributed by atoms with E-state index in [1.807, 2.05) is 46.4 Å². The van der Waals surface area contributed by atoms with E-state index in [9.17, 15) is 4.79 Å². The molecular formula is C14H25N3O3. The minimum absolute atomic E-state index is 0.0985. The monoisotopic (exact) mass is 283 g/mol. The summed E-state index contributed by atoms with van der Waals surface area (Å²) in [4.78, 5) is 17.2. The van der Waals surface area contributed by atoms with Crippen LogP contribution in [0.25, 0.3) is 0 Å². The maximum absolute atomic E-state index is 10.7. The standard InChI is InChI=1S/C14H25N3O3/c1-13(2,3)12-15-10(16-20-12)9-17(14(4,5)6)8-7-11(18)19/h7-9H2,1-6H3,(H,18,19). The molecule has 0 atom stereocenters. The van der Waals surface area contributed by atoms with Crippen molar-refractivity contribution in [3.05, 3.63) is 11.7 Å². The SMILES string of the molecule is CC(C)(C)c1nc(CN(CCC(=O)O)C(C)(C)C)no1. The Morgan fingerprint density at radius 2 is 1.85 bits per heavy atom. The fourth-order valence-corrected chi connectivity index (χ4v) is 1.68. The molecule has 20 heavy (non-hydrogen) atoms. The Labute approximate surface area is 120 Å². The average Bonchev–Trinajstić information content (AvgIpc) is 2.70. The lowest BCUT2D eigenvalue weighted by molar-refractivity contribution is -0.137. The Balaban J connectivity index is 2.79. The molecule has 0 aliphatic heterocycles. The molecule has 0 aliphatic rings. The molecule has 0 bridgehead atoms. The maximum Gasteiger partial charge on any atom is 0.304 e. The van der Waals surface area contributed by atoms with E-state index in [4.69, 9.17) is 9.63 Å². The van der Waals surface area contributed by atoms with Crippen molar-refractivity contribution in [2.24, 2.45) is 0 Å². The lowest BCUT2D eigenvalue weighted by Gasteiger charge is -2.34. The third-order valence-electron chi connectivity index (χ3n) is 2.99. The highest BCUT2D eigenvalue weighted by molar-refractivity contribution is 5.66. The molecule has 0 saturated carbocycles. The summed E-state index contributed by atoms with van der Waals surface area (Å²) in [7, 11) is 0. The maximum atomic E-state index is 10.7. The minimum Gasteiger partial charge on any atom is -0.481 e. The number of hydrogen-bond donors (Lipinski definition) is 1. The van der Waals surface area contributed by atoms with E-state index in [2.05, 4.69) is 10.1 Å². The van der Waals surface area contributed by atoms with E-state index >= 15 is 0 Å². The Morgan fingerprint density at radius 3 is 2.25 bits per heavy atom. The molecule has 1 aromatic heterocycles. The van der Waals surface area contributed by atoms with Crippen LogP contribution in [0.2, 0.25) is 0 Å². The molecule has 114 valence electrons. The van der Waals surface area contributed by atoms with Crippen LogP contribution in [0.1, 0.15) is 59.7 Å². The van der Waals surface area contributed by atoms with Crippen LogP contribution >= 0.6 is 0 Å². The van der Waals surface area contributed by atoms with Crippen LogP contribution in [0, 0.1) is 0 Å². The summed E-state index contributed by atoms with van der Waals surface area (Å²) in [5, 5.41) is 12.8. The second-order valence-corrected chi connectivity index (χ2v) is 7.00. The van der Waals surface area contributed by atoms with Crippen LogP contribution in [0.3, 0.4) is 0 Å². The van der Waals surface area contributed by atoms with E-state index in [1.54, 1.807) is 0 Å². The highest BCUT2D eigenvalue weighted by atomic mass is 16.5. The molecular weight excluding hydrogens is 258 g/mol. The first-order chi connectivity index (χ1) is 9.00. The summed E-state index contributed by atoms with van der Waals surface area (Å²) in [5.41, 5.74) is -0.336. The molecule has 0 aromatic carbocycles. The van der Waals surface area contributed by atoms with Gasteiger partial charge in [0.05, 0.1) is 13.0 Å². The molecule has 0 unspecified atom stereocenters. The number of carbonyl (C=O) groups is 1. The van der Waals surface area contributed by atoms with Gasteiger partial charge in [-0.15, -0.1) is 0 Å². The molecule has 0 saturated heterocycles. The molecule has 0 spiro atoms. The number of hydrogen-bond acceptors (Lipinski definition) is 5. The van der Waals surface area contributed by atoms with Crippen molar-refractivity contribution < 1.29 is 14.4 Å². The van der Waals surface area contributed by atoms with Gasteiger partial charge in [-0.1, -0.05) is 25.9 Å². The van der Waals surface area contributed by atoms with Gasteiger partial charge in [-0.25, -0.2) is 0 Å². The zero-order chi connectivity index (χ0) is 15.6. The van der Waals surface area contributed by atoms with Crippen molar-refractivity contribution in [3.8, 4) is 0 Å². The van der Waals surface area contributed by atoms with Crippen molar-refractivity contribution in [1.82, 2.24) is 15.0 Å². The van der Waals surface area contributed by atoms with Crippen molar-refractivity contribution in [1.29, 1.82) is 0 Å². The summed E-state index contributed by atoms with van der Waals surface area (Å²) < 4.78 is 5.26. The van der Waals surface area contributed by atoms with Crippen molar-refractivity contribution in [2.75, 3.05) is 6.54 Å². The Morgan fingerprint density at radius 1 is 1.25 bits per heavy atom. The smallest absolute Gasteiger partial charge is 0.304 e. The number of rotatable bonds is 5. The van der Waals surface area contributed by atoms with E-state index in [0.717, 1.165) is 0 Å². The first-order valence-corrected chi connectivity index (χ1v) is 6.80. The molecule has 0 amide bonds. The van der Waals surface area contributed by atoms with Crippen LogP contribution in [-0.2, 0) is 16.8 Å². The summed E-state index contributed by atoms with van der Waals surface area (Å²) in [6, 6.07) is 0. The van der Waals surface area contributed by atoms with Crippen molar-refractivity contribution in [2.45, 2.75) is 65.5 Å². The number of aromatic nitrogens is 2. The number of carboxylic acid groups (broad SMARTS) is 1. The zero-order valence-electron chi connectivity index (χ0n) is 13.2. The molecule has 6 heteroatoms. The van der Waals surface area contributed by atoms with Crippen LogP contribution in [-0.4, -0.2) is 38.2 Å². The van der Waals surface area contributed by atoms with Gasteiger partial charge in [0.2, 0.25) is 5.89 Å². The third kappa shape index (κ3) is 4.92. The summed E-state index contributed by atoms with van der Waals surface area (Å²) in [6.07, 6.45) is 0.0985. The lowest BCUT2D eigenvalue weighted by Crippen LogP contribution is -2.42. The zero-order valence-corrected chi connectivity index (χ0v) is 13.2. The van der Waals surface area contributed by atoms with Crippen LogP contribution < -0.4 is 0 Å². The topological polar surface area (TPSA) is 79.5 Å². The van der Waals surface area contributed by atoms with Gasteiger partial charge in [0.25, 0.3) is 0 Å². The summed E-state index contributed by atoms with van der Waals surface area (Å²) >= 11 is 0. The highest BCUT2D eigenvalue weighted by Gasteiger charge is 2.26. The molecule has 0 aliphatic carbocycles. The largest absolute Gasteiger partial charge is 0.481 e. The predicted octanol–water partition coefficient (Wildman–Crippen LogP) is 2.44. The van der Waals surface area contributed by atoms with Crippen LogP contribution in [0.5, 0.6) is 0 Å². The fraction of sp³-hybridized carbons (Fsp3) is 0.786. The minimum atomic E-state index is -0.803. The van der Waals surface area contributed by atoms with Gasteiger partial charge in [0.15, 0.2) is 5.82 Å². The van der Waals surface area contributed by atoms with Gasteiger partial charge in [-0.2, -0.15) is 4.98 Å². The van der Waals surface area contributed by atoms with Crippen molar-refractivity contribution in [3.63, 3.8) is 0 Å². The Kier molecular flexibility index (Phi) is 4.91.